The highest BCUT2D eigenvalue weighted by atomic mass is 35.5. The lowest BCUT2D eigenvalue weighted by Crippen LogP contribution is -2.29. The molecule has 3 heterocycles. The van der Waals surface area contributed by atoms with Crippen LogP contribution in [0.25, 0.3) is 5.69 Å². The van der Waals surface area contributed by atoms with Gasteiger partial charge in [0.05, 0.1) is 16.4 Å². The molecule has 1 aromatic carbocycles. The monoisotopic (exact) mass is 350 g/mol. The van der Waals surface area contributed by atoms with Crippen LogP contribution >= 0.6 is 23.2 Å². The predicted molar refractivity (Wildman–Crippen MR) is 95.2 cm³/mol. The van der Waals surface area contributed by atoms with E-state index >= 15 is 0 Å². The first-order valence-electron chi connectivity index (χ1n) is 8.13. The Bertz CT molecular complexity index is 732. The van der Waals surface area contributed by atoms with Crippen molar-refractivity contribution in [1.82, 2.24) is 14.7 Å². The molecule has 2 aliphatic heterocycles. The summed E-state index contributed by atoms with van der Waals surface area (Å²) in [6.07, 6.45) is 3.39. The maximum absolute atomic E-state index is 6.40. The number of hydrogen-bond donors (Lipinski definition) is 1. The molecule has 1 saturated heterocycles. The number of piperidine rings is 1. The Balaban J connectivity index is 1.76. The molecule has 2 aromatic rings. The minimum Gasteiger partial charge on any atom is -0.369 e. The largest absolute Gasteiger partial charge is 0.369 e. The molecular weight excluding hydrogens is 331 g/mol. The van der Waals surface area contributed by atoms with E-state index in [1.807, 2.05) is 16.8 Å². The molecule has 23 heavy (non-hydrogen) atoms. The number of benzene rings is 1. The zero-order chi connectivity index (χ0) is 16.0. The average molecular weight is 351 g/mol. The van der Waals surface area contributed by atoms with Gasteiger partial charge in [-0.05, 0) is 57.6 Å². The molecule has 0 aliphatic carbocycles. The summed E-state index contributed by atoms with van der Waals surface area (Å²) in [4.78, 5) is 2.39. The van der Waals surface area contributed by atoms with Gasteiger partial charge in [0.25, 0.3) is 0 Å². The Kier molecular flexibility index (Phi) is 4.00. The summed E-state index contributed by atoms with van der Waals surface area (Å²) in [7, 11) is 2.19. The first-order valence-corrected chi connectivity index (χ1v) is 8.88. The number of nitrogens with one attached hydrogen (secondary N) is 1. The summed E-state index contributed by atoms with van der Waals surface area (Å²) in [6, 6.07) is 5.58. The van der Waals surface area contributed by atoms with Crippen LogP contribution in [0.5, 0.6) is 0 Å². The fourth-order valence-corrected chi connectivity index (χ4v) is 4.13. The molecule has 6 heteroatoms. The summed E-state index contributed by atoms with van der Waals surface area (Å²) >= 11 is 12.4. The standard InChI is InChI=1S/C17H20Cl2N4/c1-22-8-5-11(6-9-22)16-13-4-7-20-17(13)23(21-16)15-3-2-12(18)10-14(15)19/h2-3,10-11,20H,4-9H2,1H3. The molecule has 1 fully saturated rings. The third-order valence-corrected chi connectivity index (χ3v) is 5.46. The van der Waals surface area contributed by atoms with E-state index in [1.54, 1.807) is 6.07 Å². The maximum Gasteiger partial charge on any atom is 0.133 e. The zero-order valence-corrected chi connectivity index (χ0v) is 14.7. The fraction of sp³-hybridized carbons (Fsp3) is 0.471. The third-order valence-electron chi connectivity index (χ3n) is 4.93. The molecule has 0 radical (unpaired) electrons. The zero-order valence-electron chi connectivity index (χ0n) is 13.1. The quantitative estimate of drug-likeness (QED) is 0.889. The number of halogens is 2. The van der Waals surface area contributed by atoms with Gasteiger partial charge in [-0.2, -0.15) is 5.10 Å². The minimum atomic E-state index is 0.548. The average Bonchev–Trinajstić information content (AvgIpc) is 3.11. The third kappa shape index (κ3) is 2.73. The van der Waals surface area contributed by atoms with Gasteiger partial charge in [0, 0.05) is 23.0 Å². The van der Waals surface area contributed by atoms with Crippen molar-refractivity contribution in [3.63, 3.8) is 0 Å². The van der Waals surface area contributed by atoms with Crippen LogP contribution in [0.3, 0.4) is 0 Å². The van der Waals surface area contributed by atoms with Crippen molar-refractivity contribution in [3.05, 3.63) is 39.5 Å². The lowest BCUT2D eigenvalue weighted by Gasteiger charge is -2.28. The molecule has 0 spiro atoms. The Hall–Kier alpha value is -1.23. The van der Waals surface area contributed by atoms with E-state index in [-0.39, 0.29) is 0 Å². The van der Waals surface area contributed by atoms with Gasteiger partial charge in [-0.3, -0.25) is 0 Å². The van der Waals surface area contributed by atoms with Crippen molar-refractivity contribution in [3.8, 4) is 5.69 Å². The molecule has 0 amide bonds. The Labute approximate surface area is 146 Å². The van der Waals surface area contributed by atoms with Crippen molar-refractivity contribution in [1.29, 1.82) is 0 Å². The summed E-state index contributed by atoms with van der Waals surface area (Å²) in [5.41, 5.74) is 3.51. The number of fused-ring (bicyclic) bond motifs is 1. The van der Waals surface area contributed by atoms with Crippen LogP contribution in [0, 0.1) is 0 Å². The van der Waals surface area contributed by atoms with Crippen molar-refractivity contribution in [2.45, 2.75) is 25.2 Å². The molecule has 0 unspecified atom stereocenters. The highest BCUT2D eigenvalue weighted by Crippen LogP contribution is 2.38. The van der Waals surface area contributed by atoms with Crippen LogP contribution in [-0.2, 0) is 6.42 Å². The maximum atomic E-state index is 6.40. The Morgan fingerprint density at radius 2 is 2.00 bits per heavy atom. The molecule has 4 nitrogen and oxygen atoms in total. The second kappa shape index (κ2) is 6.00. The van der Waals surface area contributed by atoms with Crippen LogP contribution in [0.1, 0.15) is 30.0 Å². The molecule has 1 aromatic heterocycles. The minimum absolute atomic E-state index is 0.548. The number of anilines is 1. The van der Waals surface area contributed by atoms with Gasteiger partial charge in [0.15, 0.2) is 0 Å². The highest BCUT2D eigenvalue weighted by molar-refractivity contribution is 6.35. The van der Waals surface area contributed by atoms with E-state index in [9.17, 15) is 0 Å². The molecule has 0 bridgehead atoms. The van der Waals surface area contributed by atoms with Crippen molar-refractivity contribution in [2.24, 2.45) is 0 Å². The molecule has 0 atom stereocenters. The normalized spacial score (nSPS) is 18.9. The molecule has 0 saturated carbocycles. The topological polar surface area (TPSA) is 33.1 Å². The second-order valence-electron chi connectivity index (χ2n) is 6.47. The van der Waals surface area contributed by atoms with E-state index in [2.05, 4.69) is 17.3 Å². The predicted octanol–water partition coefficient (Wildman–Crippen LogP) is 3.96. The smallest absolute Gasteiger partial charge is 0.133 e. The van der Waals surface area contributed by atoms with E-state index in [0.29, 0.717) is 16.0 Å². The van der Waals surface area contributed by atoms with E-state index in [4.69, 9.17) is 28.3 Å². The van der Waals surface area contributed by atoms with Crippen LogP contribution < -0.4 is 5.32 Å². The summed E-state index contributed by atoms with van der Waals surface area (Å²) in [5.74, 6) is 1.65. The van der Waals surface area contributed by atoms with Crippen LogP contribution in [0.2, 0.25) is 10.0 Å². The van der Waals surface area contributed by atoms with Crippen LogP contribution in [-0.4, -0.2) is 41.4 Å². The highest BCUT2D eigenvalue weighted by Gasteiger charge is 2.30. The van der Waals surface area contributed by atoms with Crippen LogP contribution in [0.4, 0.5) is 5.82 Å². The van der Waals surface area contributed by atoms with Gasteiger partial charge in [0.1, 0.15) is 5.82 Å². The molecule has 1 N–H and O–H groups in total. The fourth-order valence-electron chi connectivity index (χ4n) is 3.64. The molecule has 4 rings (SSSR count). The summed E-state index contributed by atoms with van der Waals surface area (Å²) in [5, 5.41) is 9.70. The van der Waals surface area contributed by atoms with Gasteiger partial charge in [-0.15, -0.1) is 0 Å². The number of nitrogens with zero attached hydrogens (tertiary/aromatic N) is 3. The van der Waals surface area contributed by atoms with Crippen LogP contribution in [0.15, 0.2) is 18.2 Å². The first-order chi connectivity index (χ1) is 11.1. The summed E-state index contributed by atoms with van der Waals surface area (Å²) in [6.45, 7) is 3.25. The Morgan fingerprint density at radius 3 is 2.74 bits per heavy atom. The number of aromatic nitrogens is 2. The Morgan fingerprint density at radius 1 is 1.22 bits per heavy atom. The number of likely N-dealkylation sites (tertiary alicyclic amines) is 1. The van der Waals surface area contributed by atoms with Gasteiger partial charge in [0.2, 0.25) is 0 Å². The van der Waals surface area contributed by atoms with Crippen molar-refractivity contribution in [2.75, 3.05) is 32.0 Å². The van der Waals surface area contributed by atoms with Gasteiger partial charge >= 0.3 is 0 Å². The molecule has 122 valence electrons. The van der Waals surface area contributed by atoms with Gasteiger partial charge in [-0.1, -0.05) is 23.2 Å². The van der Waals surface area contributed by atoms with Crippen molar-refractivity contribution >= 4 is 29.0 Å². The van der Waals surface area contributed by atoms with Crippen molar-refractivity contribution < 1.29 is 0 Å². The lowest BCUT2D eigenvalue weighted by atomic mass is 9.91. The van der Waals surface area contributed by atoms with E-state index in [1.165, 1.54) is 24.1 Å². The SMILES string of the molecule is CN1CCC(c2nn(-c3ccc(Cl)cc3Cl)c3c2CCN3)CC1. The van der Waals surface area contributed by atoms with Gasteiger partial charge in [-0.25, -0.2) is 4.68 Å². The van der Waals surface area contributed by atoms with E-state index in [0.717, 1.165) is 37.6 Å². The molecular formula is C17H20Cl2N4. The van der Waals surface area contributed by atoms with Gasteiger partial charge < -0.3 is 10.2 Å². The number of rotatable bonds is 2. The van der Waals surface area contributed by atoms with E-state index < -0.39 is 0 Å². The second-order valence-corrected chi connectivity index (χ2v) is 7.32. The summed E-state index contributed by atoms with van der Waals surface area (Å²) < 4.78 is 1.97. The number of hydrogen-bond acceptors (Lipinski definition) is 3. The molecule has 2 aliphatic rings. The first kappa shape index (κ1) is 15.3. The lowest BCUT2D eigenvalue weighted by molar-refractivity contribution is 0.252.